The number of nitrogens with one attached hydrogen (secondary N) is 1. The average Bonchev–Trinajstić information content (AvgIpc) is 2.42. The van der Waals surface area contributed by atoms with Crippen molar-refractivity contribution in [2.24, 2.45) is 0 Å². The molecule has 0 aliphatic carbocycles. The van der Waals surface area contributed by atoms with Crippen LogP contribution in [0.15, 0.2) is 36.7 Å². The zero-order chi connectivity index (χ0) is 14.5. The summed E-state index contributed by atoms with van der Waals surface area (Å²) < 4.78 is 13.3. The van der Waals surface area contributed by atoms with Crippen molar-refractivity contribution < 1.29 is 4.39 Å². The summed E-state index contributed by atoms with van der Waals surface area (Å²) in [5.74, 6) is -0.188. The molecule has 0 spiro atoms. The Morgan fingerprint density at radius 1 is 1.15 bits per heavy atom. The van der Waals surface area contributed by atoms with Crippen LogP contribution in [0, 0.1) is 19.7 Å². The zero-order valence-corrected chi connectivity index (χ0v) is 12.3. The molecule has 0 bridgehead atoms. The summed E-state index contributed by atoms with van der Waals surface area (Å²) in [7, 11) is 0. The largest absolute Gasteiger partial charge is 0.306 e. The molecule has 3 heteroatoms. The van der Waals surface area contributed by atoms with Gasteiger partial charge in [0.05, 0.1) is 6.04 Å². The molecule has 1 aromatic heterocycles. The highest BCUT2D eigenvalue weighted by atomic mass is 19.1. The number of hydrogen-bond donors (Lipinski definition) is 1. The molecule has 1 aromatic carbocycles. The quantitative estimate of drug-likeness (QED) is 0.892. The monoisotopic (exact) mass is 272 g/mol. The molecule has 0 fully saturated rings. The molecule has 1 heterocycles. The normalized spacial score (nSPS) is 12.4. The van der Waals surface area contributed by atoms with E-state index in [0.717, 1.165) is 29.7 Å². The van der Waals surface area contributed by atoms with Gasteiger partial charge in [-0.3, -0.25) is 4.98 Å². The number of aromatic nitrogens is 1. The van der Waals surface area contributed by atoms with Gasteiger partial charge in [0.1, 0.15) is 5.82 Å². The molecular weight excluding hydrogens is 251 g/mol. The lowest BCUT2D eigenvalue weighted by atomic mass is 9.93. The van der Waals surface area contributed by atoms with Crippen LogP contribution in [0.1, 0.15) is 41.6 Å². The van der Waals surface area contributed by atoms with E-state index in [1.807, 2.05) is 31.5 Å². The number of aryl methyl sites for hydroxylation is 2. The molecule has 106 valence electrons. The van der Waals surface area contributed by atoms with Crippen LogP contribution in [0.25, 0.3) is 0 Å². The van der Waals surface area contributed by atoms with Gasteiger partial charge in [0, 0.05) is 12.4 Å². The first-order chi connectivity index (χ1) is 9.63. The van der Waals surface area contributed by atoms with Crippen LogP contribution in [-0.4, -0.2) is 11.5 Å². The van der Waals surface area contributed by atoms with Crippen LogP contribution in [-0.2, 0) is 0 Å². The van der Waals surface area contributed by atoms with E-state index in [9.17, 15) is 4.39 Å². The van der Waals surface area contributed by atoms with E-state index in [0.29, 0.717) is 0 Å². The summed E-state index contributed by atoms with van der Waals surface area (Å²) in [4.78, 5) is 4.15. The molecule has 0 aliphatic heterocycles. The molecular formula is C17H21FN2. The average molecular weight is 272 g/mol. The summed E-state index contributed by atoms with van der Waals surface area (Å²) in [5, 5.41) is 3.55. The van der Waals surface area contributed by atoms with E-state index < -0.39 is 0 Å². The van der Waals surface area contributed by atoms with Gasteiger partial charge in [-0.05, 0) is 67.3 Å². The maximum Gasteiger partial charge on any atom is 0.123 e. The van der Waals surface area contributed by atoms with Crippen LogP contribution in [0.3, 0.4) is 0 Å². The summed E-state index contributed by atoms with van der Waals surface area (Å²) in [6.45, 7) is 7.07. The highest BCUT2D eigenvalue weighted by Crippen LogP contribution is 2.27. The van der Waals surface area contributed by atoms with Gasteiger partial charge in [-0.25, -0.2) is 4.39 Å². The fourth-order valence-electron chi connectivity index (χ4n) is 2.45. The lowest BCUT2D eigenvalue weighted by Gasteiger charge is -2.23. The molecule has 1 atom stereocenters. The van der Waals surface area contributed by atoms with Crippen molar-refractivity contribution in [2.75, 3.05) is 6.54 Å². The van der Waals surface area contributed by atoms with Crippen molar-refractivity contribution in [3.8, 4) is 0 Å². The van der Waals surface area contributed by atoms with E-state index in [1.165, 1.54) is 11.6 Å². The second-order valence-electron chi connectivity index (χ2n) is 5.12. The lowest BCUT2D eigenvalue weighted by Crippen LogP contribution is -2.24. The first kappa shape index (κ1) is 14.7. The summed E-state index contributed by atoms with van der Waals surface area (Å²) in [6.07, 6.45) is 4.73. The van der Waals surface area contributed by atoms with Crippen LogP contribution >= 0.6 is 0 Å². The molecule has 2 aromatic rings. The van der Waals surface area contributed by atoms with Crippen LogP contribution < -0.4 is 5.32 Å². The highest BCUT2D eigenvalue weighted by Gasteiger charge is 2.17. The van der Waals surface area contributed by atoms with Gasteiger partial charge in [-0.15, -0.1) is 0 Å². The topological polar surface area (TPSA) is 24.9 Å². The number of nitrogens with zero attached hydrogens (tertiary/aromatic N) is 1. The Labute approximate surface area is 120 Å². The van der Waals surface area contributed by atoms with E-state index in [4.69, 9.17) is 0 Å². The minimum absolute atomic E-state index is 0.0820. The standard InChI is InChI=1S/C17H21FN2/c1-4-8-20-17(16-7-9-19-11-13(16)3)15-6-5-14(18)10-12(15)2/h5-7,9-11,17,20H,4,8H2,1-3H3. The van der Waals surface area contributed by atoms with Crippen LogP contribution in [0.5, 0.6) is 0 Å². The zero-order valence-electron chi connectivity index (χ0n) is 12.3. The van der Waals surface area contributed by atoms with Gasteiger partial charge < -0.3 is 5.32 Å². The van der Waals surface area contributed by atoms with Gasteiger partial charge in [-0.1, -0.05) is 13.0 Å². The molecule has 0 saturated carbocycles. The van der Waals surface area contributed by atoms with Crippen LogP contribution in [0.4, 0.5) is 4.39 Å². The third-order valence-electron chi connectivity index (χ3n) is 3.52. The smallest absolute Gasteiger partial charge is 0.123 e. The van der Waals surface area contributed by atoms with Crippen molar-refractivity contribution in [1.29, 1.82) is 0 Å². The second-order valence-corrected chi connectivity index (χ2v) is 5.12. The summed E-state index contributed by atoms with van der Waals surface area (Å²) >= 11 is 0. The number of pyridine rings is 1. The minimum atomic E-state index is -0.188. The first-order valence-corrected chi connectivity index (χ1v) is 7.03. The molecule has 1 unspecified atom stereocenters. The van der Waals surface area contributed by atoms with Crippen molar-refractivity contribution in [3.63, 3.8) is 0 Å². The van der Waals surface area contributed by atoms with Gasteiger partial charge in [-0.2, -0.15) is 0 Å². The van der Waals surface area contributed by atoms with Gasteiger partial charge in [0.15, 0.2) is 0 Å². The van der Waals surface area contributed by atoms with E-state index in [-0.39, 0.29) is 11.9 Å². The number of rotatable bonds is 5. The first-order valence-electron chi connectivity index (χ1n) is 7.03. The maximum atomic E-state index is 13.3. The molecule has 0 amide bonds. The maximum absolute atomic E-state index is 13.3. The van der Waals surface area contributed by atoms with Crippen LogP contribution in [0.2, 0.25) is 0 Å². The van der Waals surface area contributed by atoms with Crippen molar-refractivity contribution >= 4 is 0 Å². The molecule has 0 aliphatic rings. The Balaban J connectivity index is 2.44. The lowest BCUT2D eigenvalue weighted by molar-refractivity contribution is 0.587. The molecule has 0 radical (unpaired) electrons. The molecule has 2 rings (SSSR count). The Morgan fingerprint density at radius 3 is 2.55 bits per heavy atom. The number of hydrogen-bond acceptors (Lipinski definition) is 2. The summed E-state index contributed by atoms with van der Waals surface area (Å²) in [6, 6.07) is 7.11. The van der Waals surface area contributed by atoms with Crippen molar-refractivity contribution in [2.45, 2.75) is 33.2 Å². The van der Waals surface area contributed by atoms with E-state index in [1.54, 1.807) is 6.07 Å². The molecule has 2 nitrogen and oxygen atoms in total. The van der Waals surface area contributed by atoms with Gasteiger partial charge in [0.25, 0.3) is 0 Å². The second kappa shape index (κ2) is 6.62. The van der Waals surface area contributed by atoms with E-state index >= 15 is 0 Å². The molecule has 1 N–H and O–H groups in total. The number of benzene rings is 1. The third kappa shape index (κ3) is 3.23. The van der Waals surface area contributed by atoms with Crippen molar-refractivity contribution in [3.05, 3.63) is 64.7 Å². The Hall–Kier alpha value is -1.74. The van der Waals surface area contributed by atoms with Crippen molar-refractivity contribution in [1.82, 2.24) is 10.3 Å². The highest BCUT2D eigenvalue weighted by molar-refractivity contribution is 5.39. The molecule has 20 heavy (non-hydrogen) atoms. The minimum Gasteiger partial charge on any atom is -0.306 e. The van der Waals surface area contributed by atoms with Gasteiger partial charge in [0.2, 0.25) is 0 Å². The Morgan fingerprint density at radius 2 is 1.90 bits per heavy atom. The van der Waals surface area contributed by atoms with Gasteiger partial charge >= 0.3 is 0 Å². The molecule has 0 saturated heterocycles. The predicted octanol–water partition coefficient (Wildman–Crippen LogP) is 3.93. The third-order valence-corrected chi connectivity index (χ3v) is 3.52. The fraction of sp³-hybridized carbons (Fsp3) is 0.353. The summed E-state index contributed by atoms with van der Waals surface area (Å²) in [5.41, 5.74) is 4.43. The Kier molecular flexibility index (Phi) is 4.85. The fourth-order valence-corrected chi connectivity index (χ4v) is 2.45. The van der Waals surface area contributed by atoms with E-state index in [2.05, 4.69) is 24.1 Å². The Bertz CT molecular complexity index is 581. The predicted molar refractivity (Wildman–Crippen MR) is 80.2 cm³/mol. The SMILES string of the molecule is CCCNC(c1ccncc1C)c1ccc(F)cc1C. The number of halogens is 1.